The SMILES string of the molecule is Brc1ccc2c(c1)CCN2CCN1CCCC1. The van der Waals surface area contributed by atoms with Crippen LogP contribution in [0.4, 0.5) is 5.69 Å². The van der Waals surface area contributed by atoms with Gasteiger partial charge in [-0.1, -0.05) is 15.9 Å². The molecule has 0 unspecified atom stereocenters. The molecule has 0 spiro atoms. The molecule has 92 valence electrons. The van der Waals surface area contributed by atoms with E-state index in [0.717, 1.165) is 0 Å². The highest BCUT2D eigenvalue weighted by Crippen LogP contribution is 2.30. The number of likely N-dealkylation sites (tertiary alicyclic amines) is 1. The van der Waals surface area contributed by atoms with Crippen molar-refractivity contribution in [2.45, 2.75) is 19.3 Å². The maximum absolute atomic E-state index is 3.55. The minimum Gasteiger partial charge on any atom is -0.370 e. The summed E-state index contributed by atoms with van der Waals surface area (Å²) < 4.78 is 1.21. The Morgan fingerprint density at radius 1 is 1.06 bits per heavy atom. The van der Waals surface area contributed by atoms with Crippen molar-refractivity contribution in [2.24, 2.45) is 0 Å². The van der Waals surface area contributed by atoms with Gasteiger partial charge in [0.05, 0.1) is 0 Å². The standard InChI is InChI=1S/C14H19BrN2/c15-13-3-4-14-12(11-13)5-8-17(14)10-9-16-6-1-2-7-16/h3-4,11H,1-2,5-10H2. The molecule has 0 saturated carbocycles. The van der Waals surface area contributed by atoms with E-state index >= 15 is 0 Å². The van der Waals surface area contributed by atoms with Crippen molar-refractivity contribution in [3.05, 3.63) is 28.2 Å². The lowest BCUT2D eigenvalue weighted by atomic mass is 10.2. The third kappa shape index (κ3) is 2.50. The fourth-order valence-corrected chi connectivity index (χ4v) is 3.35. The van der Waals surface area contributed by atoms with E-state index in [0.29, 0.717) is 0 Å². The summed E-state index contributed by atoms with van der Waals surface area (Å²) in [7, 11) is 0. The van der Waals surface area contributed by atoms with Gasteiger partial charge in [0.15, 0.2) is 0 Å². The molecule has 17 heavy (non-hydrogen) atoms. The van der Waals surface area contributed by atoms with E-state index in [2.05, 4.69) is 43.9 Å². The summed E-state index contributed by atoms with van der Waals surface area (Å²) in [5.41, 5.74) is 2.95. The summed E-state index contributed by atoms with van der Waals surface area (Å²) in [6, 6.07) is 6.69. The molecule has 2 aliphatic rings. The Bertz CT molecular complexity index is 399. The van der Waals surface area contributed by atoms with E-state index in [1.165, 1.54) is 67.7 Å². The normalized spacial score (nSPS) is 19.9. The minimum atomic E-state index is 1.19. The van der Waals surface area contributed by atoms with Crippen LogP contribution in [-0.2, 0) is 6.42 Å². The molecule has 2 nitrogen and oxygen atoms in total. The van der Waals surface area contributed by atoms with Crippen LogP contribution >= 0.6 is 15.9 Å². The third-order valence-corrected chi connectivity index (χ3v) is 4.41. The van der Waals surface area contributed by atoms with E-state index in [9.17, 15) is 0 Å². The lowest BCUT2D eigenvalue weighted by molar-refractivity contribution is 0.345. The Morgan fingerprint density at radius 2 is 1.88 bits per heavy atom. The molecular formula is C14H19BrN2. The maximum atomic E-state index is 3.55. The van der Waals surface area contributed by atoms with Crippen molar-refractivity contribution in [1.82, 2.24) is 4.90 Å². The first-order valence-electron chi connectivity index (χ1n) is 6.59. The van der Waals surface area contributed by atoms with Crippen LogP contribution in [-0.4, -0.2) is 37.6 Å². The average Bonchev–Trinajstić information content (AvgIpc) is 2.94. The largest absolute Gasteiger partial charge is 0.370 e. The van der Waals surface area contributed by atoms with Gasteiger partial charge in [0, 0.05) is 29.8 Å². The molecule has 0 radical (unpaired) electrons. The van der Waals surface area contributed by atoms with E-state index < -0.39 is 0 Å². The predicted octanol–water partition coefficient (Wildman–Crippen LogP) is 2.91. The van der Waals surface area contributed by atoms with Gasteiger partial charge in [-0.2, -0.15) is 0 Å². The summed E-state index contributed by atoms with van der Waals surface area (Å²) in [5.74, 6) is 0. The van der Waals surface area contributed by atoms with Crippen LogP contribution in [0.2, 0.25) is 0 Å². The topological polar surface area (TPSA) is 6.48 Å². The van der Waals surface area contributed by atoms with Crippen LogP contribution in [0.3, 0.4) is 0 Å². The lowest BCUT2D eigenvalue weighted by Crippen LogP contribution is -2.32. The van der Waals surface area contributed by atoms with Gasteiger partial charge in [0.25, 0.3) is 0 Å². The van der Waals surface area contributed by atoms with Crippen molar-refractivity contribution in [3.8, 4) is 0 Å². The van der Waals surface area contributed by atoms with Gasteiger partial charge in [-0.25, -0.2) is 0 Å². The molecule has 2 aliphatic heterocycles. The fraction of sp³-hybridized carbons (Fsp3) is 0.571. The van der Waals surface area contributed by atoms with Crippen LogP contribution in [0.1, 0.15) is 18.4 Å². The molecular weight excluding hydrogens is 276 g/mol. The van der Waals surface area contributed by atoms with E-state index in [-0.39, 0.29) is 0 Å². The molecule has 3 rings (SSSR count). The van der Waals surface area contributed by atoms with Gasteiger partial charge in [-0.3, -0.25) is 0 Å². The van der Waals surface area contributed by atoms with Crippen LogP contribution in [0, 0.1) is 0 Å². The zero-order valence-electron chi connectivity index (χ0n) is 10.2. The van der Waals surface area contributed by atoms with Crippen LogP contribution in [0.5, 0.6) is 0 Å². The quantitative estimate of drug-likeness (QED) is 0.846. The molecule has 0 amide bonds. The predicted molar refractivity (Wildman–Crippen MR) is 75.7 cm³/mol. The Hall–Kier alpha value is -0.540. The second kappa shape index (κ2) is 4.99. The van der Waals surface area contributed by atoms with Crippen LogP contribution < -0.4 is 4.90 Å². The van der Waals surface area contributed by atoms with Crippen molar-refractivity contribution in [2.75, 3.05) is 37.6 Å². The maximum Gasteiger partial charge on any atom is 0.0400 e. The Balaban J connectivity index is 1.63. The van der Waals surface area contributed by atoms with E-state index in [1.54, 1.807) is 0 Å². The number of benzene rings is 1. The smallest absolute Gasteiger partial charge is 0.0400 e. The summed E-state index contributed by atoms with van der Waals surface area (Å²) in [6.45, 7) is 6.23. The summed E-state index contributed by atoms with van der Waals surface area (Å²) in [5, 5.41) is 0. The highest BCUT2D eigenvalue weighted by atomic mass is 79.9. The van der Waals surface area contributed by atoms with Gasteiger partial charge in [-0.05, 0) is 56.1 Å². The van der Waals surface area contributed by atoms with Gasteiger partial charge in [0.1, 0.15) is 0 Å². The highest BCUT2D eigenvalue weighted by Gasteiger charge is 2.20. The Labute approximate surface area is 112 Å². The first kappa shape index (κ1) is 11.5. The number of halogens is 1. The van der Waals surface area contributed by atoms with Gasteiger partial charge in [-0.15, -0.1) is 0 Å². The first-order valence-corrected chi connectivity index (χ1v) is 7.38. The summed E-state index contributed by atoms with van der Waals surface area (Å²) in [4.78, 5) is 5.14. The minimum absolute atomic E-state index is 1.19. The number of anilines is 1. The van der Waals surface area contributed by atoms with Crippen LogP contribution in [0.15, 0.2) is 22.7 Å². The second-order valence-electron chi connectivity index (χ2n) is 5.06. The number of rotatable bonds is 3. The molecule has 1 aromatic rings. The molecule has 1 saturated heterocycles. The number of nitrogens with zero attached hydrogens (tertiary/aromatic N) is 2. The Kier molecular flexibility index (Phi) is 3.39. The number of fused-ring (bicyclic) bond motifs is 1. The zero-order chi connectivity index (χ0) is 11.7. The monoisotopic (exact) mass is 294 g/mol. The average molecular weight is 295 g/mol. The molecule has 2 heterocycles. The Morgan fingerprint density at radius 3 is 2.71 bits per heavy atom. The van der Waals surface area contributed by atoms with Gasteiger partial charge in [0.2, 0.25) is 0 Å². The second-order valence-corrected chi connectivity index (χ2v) is 5.97. The van der Waals surface area contributed by atoms with Gasteiger partial charge < -0.3 is 9.80 Å². The summed E-state index contributed by atoms with van der Waals surface area (Å²) >= 11 is 3.55. The molecule has 0 atom stereocenters. The van der Waals surface area contributed by atoms with Crippen molar-refractivity contribution in [1.29, 1.82) is 0 Å². The van der Waals surface area contributed by atoms with Gasteiger partial charge >= 0.3 is 0 Å². The first-order chi connectivity index (χ1) is 8.33. The van der Waals surface area contributed by atoms with Crippen molar-refractivity contribution in [3.63, 3.8) is 0 Å². The van der Waals surface area contributed by atoms with Crippen LogP contribution in [0.25, 0.3) is 0 Å². The summed E-state index contributed by atoms with van der Waals surface area (Å²) in [6.07, 6.45) is 3.99. The fourth-order valence-electron chi connectivity index (χ4n) is 2.94. The highest BCUT2D eigenvalue weighted by molar-refractivity contribution is 9.10. The third-order valence-electron chi connectivity index (χ3n) is 3.92. The molecule has 3 heteroatoms. The van der Waals surface area contributed by atoms with Crippen molar-refractivity contribution >= 4 is 21.6 Å². The molecule has 0 N–H and O–H groups in total. The molecule has 1 fully saturated rings. The lowest BCUT2D eigenvalue weighted by Gasteiger charge is -2.23. The van der Waals surface area contributed by atoms with E-state index in [4.69, 9.17) is 0 Å². The number of hydrogen-bond donors (Lipinski definition) is 0. The van der Waals surface area contributed by atoms with Crippen molar-refractivity contribution < 1.29 is 0 Å². The molecule has 0 aliphatic carbocycles. The molecule has 0 aromatic heterocycles. The van der Waals surface area contributed by atoms with E-state index in [1.807, 2.05) is 0 Å². The number of hydrogen-bond acceptors (Lipinski definition) is 2. The molecule has 1 aromatic carbocycles. The zero-order valence-corrected chi connectivity index (χ0v) is 11.7. The molecule has 0 bridgehead atoms.